The van der Waals surface area contributed by atoms with Gasteiger partial charge in [-0.3, -0.25) is 5.10 Å². The number of amides is 2. The largest absolute Gasteiger partial charge is 0.398 e. The molecule has 5 fully saturated rings. The predicted molar refractivity (Wildman–Crippen MR) is 117 cm³/mol. The molecule has 0 bridgehead atoms. The standard InChI is InChI=1S/C25H28F3N5O/c26-25(27,28)24(7-8-24)19-5-3-15(4-6-19)18-11-32(12-18)22(34)33-13-23(14-33)9-17(10-23)21-29-20(30-31-21)16-1-2-16/h3-6,16-18H,1-2,7-14H2,(H,29,30,31). The number of nitrogens with one attached hydrogen (secondary N) is 1. The van der Waals surface area contributed by atoms with E-state index in [0.29, 0.717) is 30.5 Å². The molecule has 34 heavy (non-hydrogen) atoms. The molecule has 3 aliphatic carbocycles. The van der Waals surface area contributed by atoms with Gasteiger partial charge in [0, 0.05) is 49.3 Å². The average Bonchev–Trinajstić information content (AvgIpc) is 3.63. The molecule has 9 heteroatoms. The quantitative estimate of drug-likeness (QED) is 0.705. The number of alkyl halides is 3. The van der Waals surface area contributed by atoms with Crippen molar-refractivity contribution in [2.45, 2.75) is 67.9 Å². The highest BCUT2D eigenvalue weighted by atomic mass is 19.4. The lowest BCUT2D eigenvalue weighted by molar-refractivity contribution is -0.160. The first kappa shape index (κ1) is 20.8. The number of aromatic amines is 1. The third-order valence-electron chi connectivity index (χ3n) is 8.91. The number of carbonyl (C=O) groups is 1. The van der Waals surface area contributed by atoms with Gasteiger partial charge in [0.2, 0.25) is 0 Å². The van der Waals surface area contributed by atoms with E-state index in [-0.39, 0.29) is 30.2 Å². The minimum atomic E-state index is -4.18. The van der Waals surface area contributed by atoms with Crippen LogP contribution in [0.4, 0.5) is 18.0 Å². The summed E-state index contributed by atoms with van der Waals surface area (Å²) in [6.07, 6.45) is 0.694. The lowest BCUT2D eigenvalue weighted by Gasteiger charge is -2.59. The summed E-state index contributed by atoms with van der Waals surface area (Å²) in [7, 11) is 0. The lowest BCUT2D eigenvalue weighted by atomic mass is 9.57. The predicted octanol–water partition coefficient (Wildman–Crippen LogP) is 4.67. The van der Waals surface area contributed by atoms with E-state index in [1.807, 2.05) is 21.9 Å². The summed E-state index contributed by atoms with van der Waals surface area (Å²) >= 11 is 0. The monoisotopic (exact) mass is 471 g/mol. The van der Waals surface area contributed by atoms with Crippen molar-refractivity contribution in [3.05, 3.63) is 47.0 Å². The van der Waals surface area contributed by atoms with Crippen LogP contribution in [0.1, 0.15) is 79.1 Å². The summed E-state index contributed by atoms with van der Waals surface area (Å²) in [6.45, 7) is 2.88. The molecule has 6 nitrogen and oxygen atoms in total. The van der Waals surface area contributed by atoms with E-state index in [2.05, 4.69) is 15.2 Å². The molecule has 0 radical (unpaired) electrons. The number of hydrogen-bond donors (Lipinski definition) is 1. The average molecular weight is 472 g/mol. The van der Waals surface area contributed by atoms with Crippen LogP contribution in [0.25, 0.3) is 0 Å². The Kier molecular flexibility index (Phi) is 4.13. The van der Waals surface area contributed by atoms with Crippen molar-refractivity contribution in [1.29, 1.82) is 0 Å². The maximum Gasteiger partial charge on any atom is 0.398 e. The molecule has 2 saturated heterocycles. The van der Waals surface area contributed by atoms with Crippen molar-refractivity contribution < 1.29 is 18.0 Å². The van der Waals surface area contributed by atoms with E-state index in [1.165, 1.54) is 12.8 Å². The molecule has 0 atom stereocenters. The molecular formula is C25H28F3N5O. The van der Waals surface area contributed by atoms with Crippen LogP contribution >= 0.6 is 0 Å². The number of hydrogen-bond acceptors (Lipinski definition) is 3. The summed E-state index contributed by atoms with van der Waals surface area (Å²) < 4.78 is 40.0. The Balaban J connectivity index is 0.893. The maximum absolute atomic E-state index is 13.3. The summed E-state index contributed by atoms with van der Waals surface area (Å²) in [4.78, 5) is 21.3. The number of halogens is 3. The molecule has 1 aromatic carbocycles. The highest BCUT2D eigenvalue weighted by Gasteiger charge is 2.64. The number of rotatable bonds is 4. The van der Waals surface area contributed by atoms with Crippen molar-refractivity contribution in [2.75, 3.05) is 26.2 Å². The Morgan fingerprint density at radius 2 is 1.65 bits per heavy atom. The Morgan fingerprint density at radius 3 is 2.24 bits per heavy atom. The Bertz CT molecular complexity index is 1110. The first-order valence-electron chi connectivity index (χ1n) is 12.4. The van der Waals surface area contributed by atoms with Crippen LogP contribution in [0, 0.1) is 5.41 Å². The van der Waals surface area contributed by atoms with Gasteiger partial charge in [-0.05, 0) is 49.7 Å². The molecule has 1 spiro atoms. The van der Waals surface area contributed by atoms with Crippen LogP contribution in [0.2, 0.25) is 0 Å². The summed E-state index contributed by atoms with van der Waals surface area (Å²) in [5, 5.41) is 7.51. The van der Waals surface area contributed by atoms with Crippen molar-refractivity contribution >= 4 is 6.03 Å². The molecule has 7 rings (SSSR count). The smallest absolute Gasteiger partial charge is 0.323 e. The molecule has 5 aliphatic rings. The van der Waals surface area contributed by atoms with E-state index in [9.17, 15) is 18.0 Å². The molecule has 3 saturated carbocycles. The fraction of sp³-hybridized carbons (Fsp3) is 0.640. The molecule has 1 N–H and O–H groups in total. The maximum atomic E-state index is 13.3. The molecule has 1 aromatic heterocycles. The Labute approximate surface area is 195 Å². The van der Waals surface area contributed by atoms with E-state index >= 15 is 0 Å². The summed E-state index contributed by atoms with van der Waals surface area (Å²) in [5.41, 5.74) is -0.00871. The van der Waals surface area contributed by atoms with Gasteiger partial charge in [-0.15, -0.1) is 0 Å². The van der Waals surface area contributed by atoms with Crippen LogP contribution < -0.4 is 0 Å². The zero-order valence-electron chi connectivity index (χ0n) is 18.9. The van der Waals surface area contributed by atoms with Gasteiger partial charge < -0.3 is 9.80 Å². The van der Waals surface area contributed by atoms with Gasteiger partial charge in [-0.1, -0.05) is 24.3 Å². The molecule has 3 heterocycles. The van der Waals surface area contributed by atoms with Gasteiger partial charge in [-0.2, -0.15) is 18.3 Å². The van der Waals surface area contributed by atoms with Gasteiger partial charge in [0.25, 0.3) is 0 Å². The number of likely N-dealkylation sites (tertiary alicyclic amines) is 2. The summed E-state index contributed by atoms with van der Waals surface area (Å²) in [5.74, 6) is 3.17. The van der Waals surface area contributed by atoms with Crippen molar-refractivity contribution in [3.8, 4) is 0 Å². The fourth-order valence-corrected chi connectivity index (χ4v) is 6.32. The molecule has 2 aliphatic heterocycles. The zero-order chi connectivity index (χ0) is 23.3. The second-order valence-corrected chi connectivity index (χ2v) is 11.4. The number of benzene rings is 1. The number of carbonyl (C=O) groups excluding carboxylic acids is 1. The minimum absolute atomic E-state index is 0.0878. The van der Waals surface area contributed by atoms with Gasteiger partial charge in [-0.25, -0.2) is 9.78 Å². The Morgan fingerprint density at radius 1 is 0.971 bits per heavy atom. The third-order valence-corrected chi connectivity index (χ3v) is 8.91. The normalized spacial score (nSPS) is 25.6. The van der Waals surface area contributed by atoms with Crippen molar-refractivity contribution in [1.82, 2.24) is 25.0 Å². The van der Waals surface area contributed by atoms with Crippen LogP contribution in [-0.2, 0) is 5.41 Å². The van der Waals surface area contributed by atoms with Gasteiger partial charge >= 0.3 is 12.2 Å². The third kappa shape index (κ3) is 3.11. The number of H-pyrrole nitrogens is 1. The van der Waals surface area contributed by atoms with Crippen LogP contribution in [0.5, 0.6) is 0 Å². The second-order valence-electron chi connectivity index (χ2n) is 11.4. The van der Waals surface area contributed by atoms with Crippen LogP contribution in [-0.4, -0.2) is 63.4 Å². The molecular weight excluding hydrogens is 443 g/mol. The van der Waals surface area contributed by atoms with Crippen LogP contribution in [0.15, 0.2) is 24.3 Å². The van der Waals surface area contributed by atoms with Crippen LogP contribution in [0.3, 0.4) is 0 Å². The molecule has 180 valence electrons. The van der Waals surface area contributed by atoms with Gasteiger partial charge in [0.15, 0.2) is 5.82 Å². The number of nitrogens with zero attached hydrogens (tertiary/aromatic N) is 4. The Hall–Kier alpha value is -2.58. The first-order chi connectivity index (χ1) is 16.3. The molecule has 2 aromatic rings. The zero-order valence-corrected chi connectivity index (χ0v) is 18.9. The lowest BCUT2D eigenvalue weighted by Crippen LogP contribution is -2.67. The van der Waals surface area contributed by atoms with Crippen molar-refractivity contribution in [2.24, 2.45) is 5.41 Å². The highest BCUT2D eigenvalue weighted by Crippen LogP contribution is 2.59. The van der Waals surface area contributed by atoms with E-state index in [4.69, 9.17) is 0 Å². The van der Waals surface area contributed by atoms with Gasteiger partial charge in [0.1, 0.15) is 5.82 Å². The summed E-state index contributed by atoms with van der Waals surface area (Å²) in [6, 6.07) is 6.99. The molecule has 2 amide bonds. The first-order valence-corrected chi connectivity index (χ1v) is 12.4. The highest BCUT2D eigenvalue weighted by molar-refractivity contribution is 5.77. The topological polar surface area (TPSA) is 65.1 Å². The van der Waals surface area contributed by atoms with E-state index in [1.54, 1.807) is 12.1 Å². The SMILES string of the molecule is O=C(N1CC(c2ccc(C3(C(F)(F)F)CC3)cc2)C1)N1CC2(CC(c3n[nH]c(C4CC4)n3)C2)C1. The minimum Gasteiger partial charge on any atom is -0.323 e. The van der Waals surface area contributed by atoms with Crippen molar-refractivity contribution in [3.63, 3.8) is 0 Å². The van der Waals surface area contributed by atoms with E-state index < -0.39 is 11.6 Å². The fourth-order valence-electron chi connectivity index (χ4n) is 6.32. The second kappa shape index (κ2) is 6.76. The number of aromatic nitrogens is 3. The van der Waals surface area contributed by atoms with E-state index in [0.717, 1.165) is 43.1 Å². The van der Waals surface area contributed by atoms with Gasteiger partial charge in [0.05, 0.1) is 5.41 Å². The molecule has 0 unspecified atom stereocenters. The number of urea groups is 1.